The predicted molar refractivity (Wildman–Crippen MR) is 87.4 cm³/mol. The Morgan fingerprint density at radius 2 is 1.73 bits per heavy atom. The second kappa shape index (κ2) is 4.18. The second-order valence-electron chi connectivity index (χ2n) is 10.1. The van der Waals surface area contributed by atoms with Gasteiger partial charge < -0.3 is 5.11 Å². The molecule has 2 heteroatoms. The maximum absolute atomic E-state index is 12.5. The van der Waals surface area contributed by atoms with Gasteiger partial charge in [0.1, 0.15) is 5.78 Å². The fourth-order valence-corrected chi connectivity index (χ4v) is 7.79. The van der Waals surface area contributed by atoms with Gasteiger partial charge in [0, 0.05) is 11.8 Å². The van der Waals surface area contributed by atoms with E-state index in [0.29, 0.717) is 28.4 Å². The molecule has 0 amide bonds. The van der Waals surface area contributed by atoms with Crippen molar-refractivity contribution >= 4 is 5.78 Å². The van der Waals surface area contributed by atoms with Gasteiger partial charge in [-0.2, -0.15) is 0 Å². The van der Waals surface area contributed by atoms with Crippen LogP contribution in [0.5, 0.6) is 0 Å². The van der Waals surface area contributed by atoms with Gasteiger partial charge in [-0.3, -0.25) is 4.79 Å². The van der Waals surface area contributed by atoms with Gasteiger partial charge in [0.25, 0.3) is 0 Å². The lowest BCUT2D eigenvalue weighted by molar-refractivity contribution is -0.172. The van der Waals surface area contributed by atoms with Crippen LogP contribution >= 0.6 is 0 Å². The molecule has 6 atom stereocenters. The molecule has 22 heavy (non-hydrogen) atoms. The molecule has 2 bridgehead atoms. The summed E-state index contributed by atoms with van der Waals surface area (Å²) in [6.07, 6.45) is 8.68. The number of fused-ring (bicyclic) bond motifs is 3. The smallest absolute Gasteiger partial charge is 0.138 e. The molecular weight excluding hydrogens is 272 g/mol. The molecule has 0 heterocycles. The molecule has 4 rings (SSSR count). The summed E-state index contributed by atoms with van der Waals surface area (Å²) in [5.41, 5.74) is 0.140. The zero-order chi connectivity index (χ0) is 16.0. The van der Waals surface area contributed by atoms with Gasteiger partial charge in [-0.05, 0) is 73.5 Å². The monoisotopic (exact) mass is 304 g/mol. The van der Waals surface area contributed by atoms with Crippen molar-refractivity contribution in [2.24, 2.45) is 34.0 Å². The van der Waals surface area contributed by atoms with Gasteiger partial charge in [0.15, 0.2) is 0 Å². The average molecular weight is 304 g/mol. The summed E-state index contributed by atoms with van der Waals surface area (Å²) in [6, 6.07) is 0. The number of hydrogen-bond acceptors (Lipinski definition) is 2. The highest BCUT2D eigenvalue weighted by Crippen LogP contribution is 2.72. The Morgan fingerprint density at radius 1 is 1.05 bits per heavy atom. The largest absolute Gasteiger partial charge is 0.390 e. The van der Waals surface area contributed by atoms with Crippen LogP contribution in [0.15, 0.2) is 0 Å². The van der Waals surface area contributed by atoms with Gasteiger partial charge in [0.2, 0.25) is 0 Å². The Hall–Kier alpha value is -0.370. The first-order chi connectivity index (χ1) is 10.1. The third-order valence-electron chi connectivity index (χ3n) is 8.90. The summed E-state index contributed by atoms with van der Waals surface area (Å²) >= 11 is 0. The van der Waals surface area contributed by atoms with Crippen LogP contribution in [0, 0.1) is 34.0 Å². The van der Waals surface area contributed by atoms with E-state index >= 15 is 0 Å². The van der Waals surface area contributed by atoms with Crippen molar-refractivity contribution in [3.05, 3.63) is 0 Å². The number of ketones is 1. The third kappa shape index (κ3) is 1.63. The van der Waals surface area contributed by atoms with Crippen molar-refractivity contribution in [2.45, 2.75) is 84.7 Å². The average Bonchev–Trinajstić information content (AvgIpc) is 2.60. The van der Waals surface area contributed by atoms with Gasteiger partial charge in [-0.1, -0.05) is 27.7 Å². The minimum Gasteiger partial charge on any atom is -0.390 e. The van der Waals surface area contributed by atoms with Crippen LogP contribution in [0.25, 0.3) is 0 Å². The zero-order valence-corrected chi connectivity index (χ0v) is 14.7. The molecule has 0 unspecified atom stereocenters. The number of rotatable bonds is 0. The fourth-order valence-electron chi connectivity index (χ4n) is 7.79. The summed E-state index contributed by atoms with van der Waals surface area (Å²) in [6.45, 7) is 9.16. The summed E-state index contributed by atoms with van der Waals surface area (Å²) in [5.74, 6) is 2.20. The van der Waals surface area contributed by atoms with E-state index in [1.807, 2.05) is 0 Å². The highest BCUT2D eigenvalue weighted by molar-refractivity contribution is 5.85. The Labute approximate surface area is 135 Å². The molecule has 4 aliphatic carbocycles. The Morgan fingerprint density at radius 3 is 2.45 bits per heavy atom. The van der Waals surface area contributed by atoms with E-state index in [9.17, 15) is 9.90 Å². The molecule has 0 aromatic rings. The number of carbonyl (C=O) groups is 1. The van der Waals surface area contributed by atoms with E-state index in [1.165, 1.54) is 25.7 Å². The van der Waals surface area contributed by atoms with Crippen LogP contribution in [-0.2, 0) is 4.79 Å². The summed E-state index contributed by atoms with van der Waals surface area (Å²) < 4.78 is 0. The predicted octanol–water partition coefficient (Wildman–Crippen LogP) is 4.35. The van der Waals surface area contributed by atoms with Gasteiger partial charge >= 0.3 is 0 Å². The third-order valence-corrected chi connectivity index (χ3v) is 8.90. The van der Waals surface area contributed by atoms with E-state index in [-0.39, 0.29) is 11.0 Å². The second-order valence-corrected chi connectivity index (χ2v) is 10.1. The fraction of sp³-hybridized carbons (Fsp3) is 0.950. The van der Waals surface area contributed by atoms with Crippen molar-refractivity contribution in [1.82, 2.24) is 0 Å². The number of aliphatic hydroxyl groups is 1. The molecule has 0 aromatic carbocycles. The first kappa shape index (κ1) is 15.2. The Bertz CT molecular complexity index is 524. The molecule has 4 aliphatic rings. The topological polar surface area (TPSA) is 37.3 Å². The van der Waals surface area contributed by atoms with E-state index in [4.69, 9.17) is 0 Å². The molecule has 2 nitrogen and oxygen atoms in total. The lowest BCUT2D eigenvalue weighted by atomic mass is 9.41. The van der Waals surface area contributed by atoms with Crippen molar-refractivity contribution in [2.75, 3.05) is 0 Å². The SMILES string of the molecule is C[C@H]1C[C@@]23CC[C@@H]4C(C)(C)C(=O)CC[C@@]4(C)[C@@H]2CC[C@]1(O)C3. The Balaban J connectivity index is 1.75. The lowest BCUT2D eigenvalue weighted by Gasteiger charge is -2.63. The number of carbonyl (C=O) groups excluding carboxylic acids is 1. The van der Waals surface area contributed by atoms with Gasteiger partial charge in [0.05, 0.1) is 5.60 Å². The van der Waals surface area contributed by atoms with E-state index in [2.05, 4.69) is 27.7 Å². The minimum absolute atomic E-state index is 0.146. The van der Waals surface area contributed by atoms with Crippen LogP contribution < -0.4 is 0 Å². The van der Waals surface area contributed by atoms with E-state index in [1.54, 1.807) is 0 Å². The maximum atomic E-state index is 12.5. The molecule has 0 aromatic heterocycles. The molecule has 0 radical (unpaired) electrons. The lowest BCUT2D eigenvalue weighted by Crippen LogP contribution is -2.59. The Kier molecular flexibility index (Phi) is 2.88. The van der Waals surface area contributed by atoms with Crippen molar-refractivity contribution in [3.63, 3.8) is 0 Å². The first-order valence-corrected chi connectivity index (χ1v) is 9.40. The van der Waals surface area contributed by atoms with E-state index < -0.39 is 0 Å². The minimum atomic E-state index is -0.389. The highest BCUT2D eigenvalue weighted by atomic mass is 16.3. The van der Waals surface area contributed by atoms with Gasteiger partial charge in [-0.25, -0.2) is 0 Å². The zero-order valence-electron chi connectivity index (χ0n) is 14.7. The summed E-state index contributed by atoms with van der Waals surface area (Å²) in [7, 11) is 0. The molecule has 1 N–H and O–H groups in total. The van der Waals surface area contributed by atoms with Crippen molar-refractivity contribution in [3.8, 4) is 0 Å². The number of hydrogen-bond donors (Lipinski definition) is 1. The standard InChI is InChI=1S/C20H32O2/c1-13-11-19-9-5-14-17(2,3)16(21)7-8-18(14,4)15(19)6-10-20(13,22)12-19/h13-15,22H,5-12H2,1-4H3/t13-,14+,15-,18+,19+,20-/m0/s1. The summed E-state index contributed by atoms with van der Waals surface area (Å²) in [4.78, 5) is 12.5. The molecule has 4 saturated carbocycles. The quantitative estimate of drug-likeness (QED) is 0.722. The molecular formula is C20H32O2. The van der Waals surface area contributed by atoms with Gasteiger partial charge in [-0.15, -0.1) is 0 Å². The van der Waals surface area contributed by atoms with Crippen LogP contribution in [0.3, 0.4) is 0 Å². The highest BCUT2D eigenvalue weighted by Gasteiger charge is 2.67. The van der Waals surface area contributed by atoms with Crippen LogP contribution in [0.4, 0.5) is 0 Å². The first-order valence-electron chi connectivity index (χ1n) is 9.40. The van der Waals surface area contributed by atoms with E-state index in [0.717, 1.165) is 31.6 Å². The van der Waals surface area contributed by atoms with Crippen molar-refractivity contribution < 1.29 is 9.90 Å². The molecule has 0 aliphatic heterocycles. The molecule has 124 valence electrons. The molecule has 0 saturated heterocycles. The summed E-state index contributed by atoms with van der Waals surface area (Å²) in [5, 5.41) is 11.0. The maximum Gasteiger partial charge on any atom is 0.138 e. The molecule has 1 spiro atoms. The molecule has 4 fully saturated rings. The van der Waals surface area contributed by atoms with Crippen molar-refractivity contribution in [1.29, 1.82) is 0 Å². The van der Waals surface area contributed by atoms with Crippen LogP contribution in [-0.4, -0.2) is 16.5 Å². The van der Waals surface area contributed by atoms with Crippen LogP contribution in [0.1, 0.15) is 79.1 Å². The normalized spacial score (nSPS) is 56.4. The number of Topliss-reactive ketones (excluding diaryl/α,β-unsaturated/α-hetero) is 1. The van der Waals surface area contributed by atoms with Crippen LogP contribution in [0.2, 0.25) is 0 Å².